The lowest BCUT2D eigenvalue weighted by molar-refractivity contribution is -0.125. The maximum atomic E-state index is 13.3. The molecule has 1 amide bonds. The van der Waals surface area contributed by atoms with Crippen molar-refractivity contribution < 1.29 is 9.53 Å². The summed E-state index contributed by atoms with van der Waals surface area (Å²) in [7, 11) is 1.83. The van der Waals surface area contributed by atoms with Gasteiger partial charge in [0, 0.05) is 31.0 Å². The number of likely N-dealkylation sites (N-methyl/N-ethyl adjacent to an activating group) is 1. The maximum absolute atomic E-state index is 13.3. The van der Waals surface area contributed by atoms with Crippen molar-refractivity contribution >= 4 is 11.8 Å². The van der Waals surface area contributed by atoms with Crippen molar-refractivity contribution in [2.24, 2.45) is 4.99 Å². The molecule has 148 valence electrons. The number of allylic oxidation sites excluding steroid dienone is 2. The van der Waals surface area contributed by atoms with Crippen LogP contribution >= 0.6 is 0 Å². The predicted octanol–water partition coefficient (Wildman–Crippen LogP) is 3.95. The van der Waals surface area contributed by atoms with Crippen LogP contribution in [0.25, 0.3) is 0 Å². The fraction of sp³-hybridized carbons (Fsp3) is 0.391. The van der Waals surface area contributed by atoms with Gasteiger partial charge in [0.1, 0.15) is 5.76 Å². The minimum atomic E-state index is -0.0557. The molecule has 1 aliphatic carbocycles. The minimum absolute atomic E-state index is 0.0557. The van der Waals surface area contributed by atoms with E-state index in [0.29, 0.717) is 23.8 Å². The molecule has 0 spiro atoms. The number of rotatable bonds is 7. The van der Waals surface area contributed by atoms with Crippen LogP contribution in [0.1, 0.15) is 39.2 Å². The number of hydrogen-bond acceptors (Lipinski definition) is 4. The summed E-state index contributed by atoms with van der Waals surface area (Å²) in [6.07, 6.45) is 4.49. The molecule has 28 heavy (non-hydrogen) atoms. The number of amides is 1. The lowest BCUT2D eigenvalue weighted by Gasteiger charge is -2.20. The zero-order chi connectivity index (χ0) is 20.3. The highest BCUT2D eigenvalue weighted by atomic mass is 16.5. The molecule has 1 fully saturated rings. The van der Waals surface area contributed by atoms with Gasteiger partial charge in [-0.3, -0.25) is 4.79 Å². The Morgan fingerprint density at radius 2 is 2.04 bits per heavy atom. The third kappa shape index (κ3) is 4.35. The lowest BCUT2D eigenvalue weighted by Crippen LogP contribution is -2.33. The summed E-state index contributed by atoms with van der Waals surface area (Å²) in [5, 5.41) is 3.54. The standard InChI is InChI=1S/C23H29N3O2/c1-6-24-21-19(16(2)25-23(4)13-14-23)20(17(3)28-21)22(27)26(5)15-12-18-10-8-7-9-11-18/h6-11,25H,1,12-15H2,2-5H3/b19-16+,24-21+. The van der Waals surface area contributed by atoms with E-state index >= 15 is 0 Å². The Morgan fingerprint density at radius 1 is 1.36 bits per heavy atom. The molecule has 0 bridgehead atoms. The van der Waals surface area contributed by atoms with Crippen molar-refractivity contribution in [3.63, 3.8) is 0 Å². The van der Waals surface area contributed by atoms with Crippen molar-refractivity contribution in [1.82, 2.24) is 10.2 Å². The number of carbonyl (C=O) groups is 1. The number of benzene rings is 1. The molecule has 5 nitrogen and oxygen atoms in total. The van der Waals surface area contributed by atoms with E-state index in [1.54, 1.807) is 4.90 Å². The SMILES string of the molecule is C=C/N=C1/OC(C)=C(C(=O)N(C)CCc2ccccc2)/C1=C(/C)NC1(C)CC1. The van der Waals surface area contributed by atoms with E-state index in [2.05, 4.69) is 35.9 Å². The van der Waals surface area contributed by atoms with Gasteiger partial charge in [0.25, 0.3) is 5.91 Å². The van der Waals surface area contributed by atoms with Crippen molar-refractivity contribution in [3.05, 3.63) is 71.3 Å². The number of hydrogen-bond donors (Lipinski definition) is 1. The Morgan fingerprint density at radius 3 is 2.64 bits per heavy atom. The molecule has 0 saturated heterocycles. The van der Waals surface area contributed by atoms with Crippen molar-refractivity contribution in [1.29, 1.82) is 0 Å². The number of ether oxygens (including phenoxy) is 1. The van der Waals surface area contributed by atoms with Crippen LogP contribution in [-0.2, 0) is 16.0 Å². The van der Waals surface area contributed by atoms with E-state index in [1.807, 2.05) is 39.1 Å². The number of nitrogens with zero attached hydrogens (tertiary/aromatic N) is 2. The summed E-state index contributed by atoms with van der Waals surface area (Å²) in [4.78, 5) is 19.3. The Bertz CT molecular complexity index is 861. The molecule has 2 aliphatic rings. The largest absolute Gasteiger partial charge is 0.442 e. The van der Waals surface area contributed by atoms with Crippen LogP contribution in [0.2, 0.25) is 0 Å². The van der Waals surface area contributed by atoms with Crippen LogP contribution in [0.3, 0.4) is 0 Å². The van der Waals surface area contributed by atoms with E-state index in [9.17, 15) is 4.79 Å². The predicted molar refractivity (Wildman–Crippen MR) is 113 cm³/mol. The Hall–Kier alpha value is -2.82. The molecule has 1 saturated carbocycles. The van der Waals surface area contributed by atoms with Gasteiger partial charge in [0.15, 0.2) is 0 Å². The average Bonchev–Trinajstić information content (AvgIpc) is 3.30. The Labute approximate surface area is 167 Å². The fourth-order valence-corrected chi connectivity index (χ4v) is 3.37. The molecule has 3 rings (SSSR count). The van der Waals surface area contributed by atoms with Gasteiger partial charge in [-0.15, -0.1) is 0 Å². The van der Waals surface area contributed by atoms with E-state index in [1.165, 1.54) is 11.8 Å². The first kappa shape index (κ1) is 19.9. The molecular weight excluding hydrogens is 350 g/mol. The third-order valence-corrected chi connectivity index (χ3v) is 5.28. The molecule has 1 heterocycles. The van der Waals surface area contributed by atoms with Gasteiger partial charge in [-0.1, -0.05) is 36.9 Å². The molecule has 1 aliphatic heterocycles. The van der Waals surface area contributed by atoms with Gasteiger partial charge in [-0.25, -0.2) is 4.99 Å². The zero-order valence-corrected chi connectivity index (χ0v) is 17.2. The number of nitrogens with one attached hydrogen (secondary N) is 1. The summed E-state index contributed by atoms with van der Waals surface area (Å²) in [5.41, 5.74) is 3.53. The maximum Gasteiger partial charge on any atom is 0.257 e. The van der Waals surface area contributed by atoms with Gasteiger partial charge in [0.2, 0.25) is 5.90 Å². The van der Waals surface area contributed by atoms with Crippen LogP contribution in [0.4, 0.5) is 0 Å². The van der Waals surface area contributed by atoms with Gasteiger partial charge < -0.3 is 15.0 Å². The Balaban J connectivity index is 1.83. The topological polar surface area (TPSA) is 53.9 Å². The molecule has 0 atom stereocenters. The smallest absolute Gasteiger partial charge is 0.257 e. The normalized spacial score (nSPS) is 20.6. The van der Waals surface area contributed by atoms with Crippen LogP contribution < -0.4 is 5.32 Å². The second-order valence-corrected chi connectivity index (χ2v) is 7.80. The molecule has 0 unspecified atom stereocenters. The first-order valence-electron chi connectivity index (χ1n) is 9.71. The zero-order valence-electron chi connectivity index (χ0n) is 17.2. The van der Waals surface area contributed by atoms with Gasteiger partial charge >= 0.3 is 0 Å². The van der Waals surface area contributed by atoms with Crippen LogP contribution in [0.5, 0.6) is 0 Å². The van der Waals surface area contributed by atoms with Gasteiger partial charge in [-0.2, -0.15) is 0 Å². The highest BCUT2D eigenvalue weighted by Gasteiger charge is 2.40. The summed E-state index contributed by atoms with van der Waals surface area (Å²) in [6.45, 7) is 10.3. The summed E-state index contributed by atoms with van der Waals surface area (Å²) < 4.78 is 5.83. The van der Waals surface area contributed by atoms with Crippen LogP contribution in [0, 0.1) is 0 Å². The highest BCUT2D eigenvalue weighted by Crippen LogP contribution is 2.37. The fourth-order valence-electron chi connectivity index (χ4n) is 3.37. The van der Waals surface area contributed by atoms with E-state index < -0.39 is 0 Å². The van der Waals surface area contributed by atoms with Crippen molar-refractivity contribution in [3.8, 4) is 0 Å². The second-order valence-electron chi connectivity index (χ2n) is 7.80. The first-order chi connectivity index (χ1) is 13.3. The molecule has 1 aromatic rings. The molecular formula is C23H29N3O2. The lowest BCUT2D eigenvalue weighted by atomic mass is 10.0. The molecule has 5 heteroatoms. The molecule has 1 N–H and O–H groups in total. The van der Waals surface area contributed by atoms with E-state index in [-0.39, 0.29) is 11.4 Å². The van der Waals surface area contributed by atoms with E-state index in [4.69, 9.17) is 4.74 Å². The van der Waals surface area contributed by atoms with Gasteiger partial charge in [-0.05, 0) is 45.6 Å². The number of carbonyl (C=O) groups excluding carboxylic acids is 1. The molecule has 0 radical (unpaired) electrons. The third-order valence-electron chi connectivity index (χ3n) is 5.28. The summed E-state index contributed by atoms with van der Waals surface area (Å²) in [6, 6.07) is 10.2. The number of aliphatic imine (C=N–C) groups is 1. The summed E-state index contributed by atoms with van der Waals surface area (Å²) >= 11 is 0. The molecule has 0 aromatic heterocycles. The van der Waals surface area contributed by atoms with Gasteiger partial charge in [0.05, 0.1) is 11.1 Å². The van der Waals surface area contributed by atoms with E-state index in [0.717, 1.165) is 30.5 Å². The monoisotopic (exact) mass is 379 g/mol. The average molecular weight is 380 g/mol. The minimum Gasteiger partial charge on any atom is -0.442 e. The highest BCUT2D eigenvalue weighted by molar-refractivity contribution is 6.14. The van der Waals surface area contributed by atoms with Crippen LogP contribution in [-0.4, -0.2) is 35.8 Å². The van der Waals surface area contributed by atoms with Crippen molar-refractivity contribution in [2.45, 2.75) is 45.6 Å². The van der Waals surface area contributed by atoms with Crippen molar-refractivity contribution in [2.75, 3.05) is 13.6 Å². The second kappa shape index (κ2) is 8.05. The Kier molecular flexibility index (Phi) is 5.73. The first-order valence-corrected chi connectivity index (χ1v) is 9.71. The quantitative estimate of drug-likeness (QED) is 0.780. The molecule has 1 aromatic carbocycles. The van der Waals surface area contributed by atoms with Crippen LogP contribution in [0.15, 0.2) is 70.7 Å². The summed E-state index contributed by atoms with van der Waals surface area (Å²) in [5.74, 6) is 0.954.